The molecule has 0 aromatic heterocycles. The zero-order chi connectivity index (χ0) is 12.2. The number of hydrogen-bond acceptors (Lipinski definition) is 1. The third-order valence-corrected chi connectivity index (χ3v) is 4.34. The maximum absolute atomic E-state index is 6.52. The zero-order valence-electron chi connectivity index (χ0n) is 11.3. The highest BCUT2D eigenvalue weighted by Crippen LogP contribution is 2.42. The number of alkyl halides is 1. The molecule has 3 atom stereocenters. The molecule has 0 aromatic rings. The van der Waals surface area contributed by atoms with Crippen LogP contribution in [0.15, 0.2) is 0 Å². The van der Waals surface area contributed by atoms with Gasteiger partial charge in [-0.1, -0.05) is 34.1 Å². The van der Waals surface area contributed by atoms with Crippen LogP contribution in [0.3, 0.4) is 0 Å². The van der Waals surface area contributed by atoms with Crippen molar-refractivity contribution in [3.8, 4) is 0 Å². The largest absolute Gasteiger partial charge is 0.381 e. The third kappa shape index (κ3) is 3.92. The summed E-state index contributed by atoms with van der Waals surface area (Å²) in [7, 11) is 0. The van der Waals surface area contributed by atoms with Gasteiger partial charge in [-0.3, -0.25) is 0 Å². The van der Waals surface area contributed by atoms with Crippen LogP contribution in [0.25, 0.3) is 0 Å². The maximum Gasteiger partial charge on any atom is 0.0520 e. The molecule has 0 bridgehead atoms. The molecule has 0 aliphatic heterocycles. The molecule has 2 heteroatoms. The van der Waals surface area contributed by atoms with Crippen molar-refractivity contribution in [2.75, 3.05) is 13.2 Å². The van der Waals surface area contributed by atoms with Gasteiger partial charge >= 0.3 is 0 Å². The van der Waals surface area contributed by atoms with Gasteiger partial charge < -0.3 is 4.74 Å². The van der Waals surface area contributed by atoms with Crippen LogP contribution in [0.2, 0.25) is 0 Å². The van der Waals surface area contributed by atoms with Crippen LogP contribution in [0.4, 0.5) is 0 Å². The highest BCUT2D eigenvalue weighted by molar-refractivity contribution is 6.20. The number of ether oxygens (including phenoxy) is 1. The Hall–Kier alpha value is 0.250. The van der Waals surface area contributed by atoms with Gasteiger partial charge in [0.15, 0.2) is 0 Å². The van der Waals surface area contributed by atoms with E-state index in [0.29, 0.717) is 11.3 Å². The van der Waals surface area contributed by atoms with Gasteiger partial charge in [-0.05, 0) is 36.5 Å². The lowest BCUT2D eigenvalue weighted by Gasteiger charge is -2.41. The molecule has 0 spiro atoms. The van der Waals surface area contributed by atoms with Crippen molar-refractivity contribution < 1.29 is 4.74 Å². The molecule has 1 rings (SSSR count). The molecule has 1 aliphatic rings. The lowest BCUT2D eigenvalue weighted by atomic mass is 9.69. The van der Waals surface area contributed by atoms with E-state index in [1.165, 1.54) is 19.3 Å². The summed E-state index contributed by atoms with van der Waals surface area (Å²) >= 11 is 6.52. The maximum atomic E-state index is 6.52. The van der Waals surface area contributed by atoms with Crippen molar-refractivity contribution >= 4 is 11.6 Å². The molecule has 3 unspecified atom stereocenters. The van der Waals surface area contributed by atoms with Crippen molar-refractivity contribution in [1.29, 1.82) is 0 Å². The van der Waals surface area contributed by atoms with Gasteiger partial charge in [0.25, 0.3) is 0 Å². The lowest BCUT2D eigenvalue weighted by molar-refractivity contribution is 0.0144. The summed E-state index contributed by atoms with van der Waals surface area (Å²) in [5.74, 6) is 1.41. The molecule has 0 saturated heterocycles. The van der Waals surface area contributed by atoms with Crippen LogP contribution in [0.5, 0.6) is 0 Å². The second-order valence-corrected chi connectivity index (χ2v) is 6.64. The van der Waals surface area contributed by atoms with Gasteiger partial charge in [-0.25, -0.2) is 0 Å². The predicted molar refractivity (Wildman–Crippen MR) is 71.0 cm³/mol. The first kappa shape index (κ1) is 14.3. The summed E-state index contributed by atoms with van der Waals surface area (Å²) in [6, 6.07) is 0. The average molecular weight is 247 g/mol. The van der Waals surface area contributed by atoms with E-state index >= 15 is 0 Å². The first-order chi connectivity index (χ1) is 7.47. The topological polar surface area (TPSA) is 9.23 Å². The Morgan fingerprint density at radius 3 is 2.56 bits per heavy atom. The van der Waals surface area contributed by atoms with Crippen molar-refractivity contribution in [2.24, 2.45) is 17.3 Å². The fraction of sp³-hybridized carbons (Fsp3) is 1.00. The van der Waals surface area contributed by atoms with E-state index in [1.807, 2.05) is 0 Å². The summed E-state index contributed by atoms with van der Waals surface area (Å²) < 4.78 is 5.72. The number of hydrogen-bond donors (Lipinski definition) is 0. The molecular formula is C14H27ClO. The Morgan fingerprint density at radius 2 is 2.00 bits per heavy atom. The number of halogens is 1. The van der Waals surface area contributed by atoms with Crippen LogP contribution >= 0.6 is 11.6 Å². The van der Waals surface area contributed by atoms with E-state index in [0.717, 1.165) is 25.6 Å². The Bertz CT molecular complexity index is 203. The average Bonchev–Trinajstić information content (AvgIpc) is 2.17. The molecule has 0 aromatic carbocycles. The summed E-state index contributed by atoms with van der Waals surface area (Å²) in [5.41, 5.74) is 0.224. The van der Waals surface area contributed by atoms with Crippen molar-refractivity contribution in [3.63, 3.8) is 0 Å². The normalized spacial score (nSPS) is 31.7. The minimum atomic E-state index is 0.224. The third-order valence-electron chi connectivity index (χ3n) is 3.86. The molecule has 0 radical (unpaired) electrons. The molecule has 1 fully saturated rings. The molecule has 1 saturated carbocycles. The van der Waals surface area contributed by atoms with Gasteiger partial charge in [0.2, 0.25) is 0 Å². The first-order valence-electron chi connectivity index (χ1n) is 6.69. The molecule has 0 heterocycles. The van der Waals surface area contributed by atoms with Gasteiger partial charge in [0, 0.05) is 12.0 Å². The standard InChI is InChI=1S/C14H27ClO/c1-5-8-16-10-14(3,4)12-7-6-11(2)9-13(12)15/h11-13H,5-10H2,1-4H3. The summed E-state index contributed by atoms with van der Waals surface area (Å²) in [6.45, 7) is 10.8. The summed E-state index contributed by atoms with van der Waals surface area (Å²) in [5, 5.41) is 0.337. The van der Waals surface area contributed by atoms with Gasteiger partial charge in [-0.15, -0.1) is 11.6 Å². The molecule has 16 heavy (non-hydrogen) atoms. The van der Waals surface area contributed by atoms with Gasteiger partial charge in [0.1, 0.15) is 0 Å². The van der Waals surface area contributed by atoms with E-state index in [4.69, 9.17) is 16.3 Å². The van der Waals surface area contributed by atoms with E-state index < -0.39 is 0 Å². The molecule has 0 N–H and O–H groups in total. The second-order valence-electron chi connectivity index (χ2n) is 6.08. The molecular weight excluding hydrogens is 220 g/mol. The monoisotopic (exact) mass is 246 g/mol. The highest BCUT2D eigenvalue weighted by atomic mass is 35.5. The van der Waals surface area contributed by atoms with Gasteiger partial charge in [-0.2, -0.15) is 0 Å². The summed E-state index contributed by atoms with van der Waals surface area (Å²) in [6.07, 6.45) is 4.86. The molecule has 0 amide bonds. The van der Waals surface area contributed by atoms with E-state index in [-0.39, 0.29) is 5.41 Å². The molecule has 1 nitrogen and oxygen atoms in total. The minimum absolute atomic E-state index is 0.224. The highest BCUT2D eigenvalue weighted by Gasteiger charge is 2.38. The van der Waals surface area contributed by atoms with Crippen molar-refractivity contribution in [1.82, 2.24) is 0 Å². The minimum Gasteiger partial charge on any atom is -0.381 e. The van der Waals surface area contributed by atoms with Crippen LogP contribution < -0.4 is 0 Å². The van der Waals surface area contributed by atoms with Crippen molar-refractivity contribution in [3.05, 3.63) is 0 Å². The van der Waals surface area contributed by atoms with Crippen LogP contribution in [-0.2, 0) is 4.74 Å². The fourth-order valence-corrected chi connectivity index (χ4v) is 3.55. The van der Waals surface area contributed by atoms with Gasteiger partial charge in [0.05, 0.1) is 6.61 Å². The lowest BCUT2D eigenvalue weighted by Crippen LogP contribution is -2.38. The van der Waals surface area contributed by atoms with Crippen LogP contribution in [0.1, 0.15) is 53.4 Å². The van der Waals surface area contributed by atoms with Crippen molar-refractivity contribution in [2.45, 2.75) is 58.8 Å². The van der Waals surface area contributed by atoms with Crippen LogP contribution in [0, 0.1) is 17.3 Å². The van der Waals surface area contributed by atoms with E-state index in [9.17, 15) is 0 Å². The SMILES string of the molecule is CCCOCC(C)(C)C1CCC(C)CC1Cl. The second kappa shape index (κ2) is 6.26. The zero-order valence-corrected chi connectivity index (χ0v) is 12.0. The Labute approximate surface area is 106 Å². The van der Waals surface area contributed by atoms with Crippen LogP contribution in [-0.4, -0.2) is 18.6 Å². The summed E-state index contributed by atoms with van der Waals surface area (Å²) in [4.78, 5) is 0. The number of rotatable bonds is 5. The first-order valence-corrected chi connectivity index (χ1v) is 7.13. The molecule has 96 valence electrons. The predicted octanol–water partition coefficient (Wildman–Crippen LogP) is 4.48. The Morgan fingerprint density at radius 1 is 1.31 bits per heavy atom. The molecule has 1 aliphatic carbocycles. The van der Waals surface area contributed by atoms with E-state index in [1.54, 1.807) is 0 Å². The fourth-order valence-electron chi connectivity index (χ4n) is 2.78. The smallest absolute Gasteiger partial charge is 0.0520 e. The van der Waals surface area contributed by atoms with E-state index in [2.05, 4.69) is 27.7 Å². The quantitative estimate of drug-likeness (QED) is 0.513. The Kier molecular flexibility index (Phi) is 5.60. The Balaban J connectivity index is 2.47.